The number of halogens is 1. The van der Waals surface area contributed by atoms with Gasteiger partial charge in [0.1, 0.15) is 6.10 Å². The van der Waals surface area contributed by atoms with Crippen molar-refractivity contribution < 1.29 is 9.94 Å². The average Bonchev–Trinajstić information content (AvgIpc) is 3.27. The molecule has 0 bridgehead atoms. The Hall–Kier alpha value is -3.60. The van der Waals surface area contributed by atoms with Crippen LogP contribution in [0, 0.1) is 6.92 Å². The molecule has 5 rings (SSSR count). The van der Waals surface area contributed by atoms with Crippen LogP contribution in [-0.2, 0) is 10.6 Å². The van der Waals surface area contributed by atoms with Gasteiger partial charge in [-0.25, -0.2) is 0 Å². The van der Waals surface area contributed by atoms with Crippen LogP contribution < -0.4 is 4.90 Å². The summed E-state index contributed by atoms with van der Waals surface area (Å²) in [7, 11) is 0. The van der Waals surface area contributed by atoms with E-state index in [1.54, 1.807) is 0 Å². The molecule has 33 heavy (non-hydrogen) atoms. The molecule has 0 fully saturated rings. The largest absolute Gasteiger partial charge is 0.382 e. The first-order chi connectivity index (χ1) is 16.1. The van der Waals surface area contributed by atoms with E-state index in [0.717, 1.165) is 27.9 Å². The summed E-state index contributed by atoms with van der Waals surface area (Å²) in [6.07, 6.45) is -1.03. The quantitative estimate of drug-likeness (QED) is 0.377. The third kappa shape index (κ3) is 3.78. The molecule has 0 saturated heterocycles. The highest BCUT2D eigenvalue weighted by atomic mass is 35.5. The third-order valence-corrected chi connectivity index (χ3v) is 6.14. The second kappa shape index (κ2) is 8.74. The Labute approximate surface area is 198 Å². The molecule has 164 valence electrons. The number of benzene rings is 4. The molecule has 0 spiro atoms. The fraction of sp³-hybridized carbons (Fsp3) is 0.107. The van der Waals surface area contributed by atoms with E-state index in [4.69, 9.17) is 16.4 Å². The maximum atomic E-state index is 11.9. The van der Waals surface area contributed by atoms with Crippen LogP contribution in [0.5, 0.6) is 0 Å². The van der Waals surface area contributed by atoms with Crippen LogP contribution in [0.15, 0.2) is 114 Å². The number of oxime groups is 1. The Kier molecular flexibility index (Phi) is 5.63. The summed E-state index contributed by atoms with van der Waals surface area (Å²) in [5.41, 5.74) is 3.02. The molecule has 2 unspecified atom stereocenters. The molecule has 1 aliphatic heterocycles. The van der Waals surface area contributed by atoms with E-state index in [0.29, 0.717) is 10.9 Å². The Balaban J connectivity index is 1.74. The first-order valence-electron chi connectivity index (χ1n) is 10.8. The molecule has 0 amide bonds. The van der Waals surface area contributed by atoms with Crippen LogP contribution in [0.1, 0.15) is 28.4 Å². The number of hydrogen-bond acceptors (Lipinski definition) is 4. The molecule has 0 aromatic heterocycles. The van der Waals surface area contributed by atoms with Gasteiger partial charge in [-0.3, -0.25) is 4.90 Å². The first-order valence-corrected chi connectivity index (χ1v) is 11.1. The number of aryl methyl sites for hydroxylation is 1. The smallest absolute Gasteiger partial charge is 0.271 e. The van der Waals surface area contributed by atoms with Gasteiger partial charge in [0, 0.05) is 21.8 Å². The fourth-order valence-electron chi connectivity index (χ4n) is 4.19. The Morgan fingerprint density at radius 2 is 1.42 bits per heavy atom. The van der Waals surface area contributed by atoms with E-state index >= 15 is 0 Å². The minimum Gasteiger partial charge on any atom is -0.382 e. The summed E-state index contributed by atoms with van der Waals surface area (Å²) >= 11 is 6.15. The predicted molar refractivity (Wildman–Crippen MR) is 132 cm³/mol. The van der Waals surface area contributed by atoms with Gasteiger partial charge >= 0.3 is 0 Å². The van der Waals surface area contributed by atoms with Gasteiger partial charge in [0.25, 0.3) is 5.72 Å². The van der Waals surface area contributed by atoms with Crippen molar-refractivity contribution in [1.29, 1.82) is 0 Å². The summed E-state index contributed by atoms with van der Waals surface area (Å²) < 4.78 is 0. The second-order valence-corrected chi connectivity index (χ2v) is 8.50. The van der Waals surface area contributed by atoms with Crippen molar-refractivity contribution in [2.24, 2.45) is 5.16 Å². The fourth-order valence-corrected chi connectivity index (χ4v) is 4.32. The molecule has 0 aliphatic carbocycles. The van der Waals surface area contributed by atoms with Crippen molar-refractivity contribution in [3.05, 3.63) is 136 Å². The van der Waals surface area contributed by atoms with Crippen LogP contribution >= 0.6 is 11.6 Å². The zero-order valence-electron chi connectivity index (χ0n) is 18.1. The van der Waals surface area contributed by atoms with Crippen LogP contribution in [0.25, 0.3) is 0 Å². The molecule has 0 radical (unpaired) electrons. The number of rotatable bonds is 5. The average molecular weight is 455 g/mol. The monoisotopic (exact) mass is 454 g/mol. The van der Waals surface area contributed by atoms with Crippen LogP contribution in [-0.4, -0.2) is 10.9 Å². The van der Waals surface area contributed by atoms with Crippen molar-refractivity contribution in [3.8, 4) is 0 Å². The van der Waals surface area contributed by atoms with Crippen LogP contribution in [0.2, 0.25) is 5.02 Å². The summed E-state index contributed by atoms with van der Waals surface area (Å²) in [5, 5.41) is 17.0. The van der Waals surface area contributed by atoms with E-state index in [9.17, 15) is 5.11 Å². The third-order valence-electron chi connectivity index (χ3n) is 5.88. The normalized spacial score (nSPS) is 18.5. The van der Waals surface area contributed by atoms with E-state index in [2.05, 4.69) is 5.16 Å². The van der Waals surface area contributed by atoms with Crippen LogP contribution in [0.4, 0.5) is 5.69 Å². The molecular weight excluding hydrogens is 432 g/mol. The molecule has 4 nitrogen and oxygen atoms in total. The number of nitrogens with zero attached hydrogens (tertiary/aromatic N) is 2. The van der Waals surface area contributed by atoms with Gasteiger partial charge < -0.3 is 9.94 Å². The highest BCUT2D eigenvalue weighted by Gasteiger charge is 2.55. The summed E-state index contributed by atoms with van der Waals surface area (Å²) in [4.78, 5) is 8.24. The molecule has 5 heteroatoms. The van der Waals surface area contributed by atoms with Crippen molar-refractivity contribution in [1.82, 2.24) is 0 Å². The van der Waals surface area contributed by atoms with E-state index in [1.165, 1.54) is 0 Å². The number of hydrogen-bond donors (Lipinski definition) is 1. The molecule has 1 aliphatic rings. The lowest BCUT2D eigenvalue weighted by atomic mass is 9.89. The maximum absolute atomic E-state index is 11.9. The van der Waals surface area contributed by atoms with Gasteiger partial charge in [-0.15, -0.1) is 0 Å². The second-order valence-electron chi connectivity index (χ2n) is 8.06. The van der Waals surface area contributed by atoms with Gasteiger partial charge in [0.05, 0.1) is 0 Å². The van der Waals surface area contributed by atoms with Crippen molar-refractivity contribution in [2.45, 2.75) is 18.8 Å². The molecule has 1 N–H and O–H groups in total. The van der Waals surface area contributed by atoms with E-state index in [-0.39, 0.29) is 0 Å². The number of aliphatic hydroxyl groups excluding tert-OH is 1. The summed E-state index contributed by atoms with van der Waals surface area (Å²) in [6, 6.07) is 34.8. The zero-order valence-corrected chi connectivity index (χ0v) is 18.9. The lowest BCUT2D eigenvalue weighted by molar-refractivity contribution is -0.112. The lowest BCUT2D eigenvalue weighted by Crippen LogP contribution is -2.51. The van der Waals surface area contributed by atoms with Gasteiger partial charge in [0.15, 0.2) is 5.84 Å². The van der Waals surface area contributed by atoms with Gasteiger partial charge in [-0.1, -0.05) is 95.1 Å². The van der Waals surface area contributed by atoms with Crippen molar-refractivity contribution >= 4 is 23.1 Å². The number of anilines is 1. The highest BCUT2D eigenvalue weighted by molar-refractivity contribution is 6.30. The zero-order chi connectivity index (χ0) is 22.8. The van der Waals surface area contributed by atoms with Gasteiger partial charge in [-0.2, -0.15) is 0 Å². The SMILES string of the molecule is Cc1ccc(N2C(c3ccc(Cl)cc3)=NOC2(c2ccccc2)C(O)c2ccccc2)cc1. The summed E-state index contributed by atoms with van der Waals surface area (Å²) in [6.45, 7) is 2.04. The standard InChI is InChI=1S/C28H23ClN2O2/c1-20-12-18-25(19-13-20)31-27(22-14-16-24(29)17-15-22)30-33-28(31,23-10-6-3-7-11-23)26(32)21-8-4-2-5-9-21/h2-19,26,32H,1H3. The summed E-state index contributed by atoms with van der Waals surface area (Å²) in [5.74, 6) is 0.592. The van der Waals surface area contributed by atoms with Crippen LogP contribution in [0.3, 0.4) is 0 Å². The molecular formula is C28H23ClN2O2. The topological polar surface area (TPSA) is 45.1 Å². The van der Waals surface area contributed by atoms with E-state index in [1.807, 2.05) is 121 Å². The number of amidine groups is 1. The van der Waals surface area contributed by atoms with Gasteiger partial charge in [-0.05, 0) is 48.9 Å². The minimum absolute atomic E-state index is 0.592. The predicted octanol–water partition coefficient (Wildman–Crippen LogP) is 6.43. The Morgan fingerprint density at radius 1 is 0.818 bits per heavy atom. The lowest BCUT2D eigenvalue weighted by Gasteiger charge is -2.41. The first kappa shape index (κ1) is 21.3. The van der Waals surface area contributed by atoms with Gasteiger partial charge in [0.2, 0.25) is 0 Å². The van der Waals surface area contributed by atoms with E-state index < -0.39 is 11.8 Å². The maximum Gasteiger partial charge on any atom is 0.271 e. The number of aliphatic hydroxyl groups is 1. The minimum atomic E-state index is -1.31. The van der Waals surface area contributed by atoms with Crippen molar-refractivity contribution in [2.75, 3.05) is 4.90 Å². The molecule has 0 saturated carbocycles. The molecule has 4 aromatic rings. The molecule has 4 aromatic carbocycles. The molecule has 2 atom stereocenters. The molecule has 1 heterocycles. The Bertz CT molecular complexity index is 1260. The Morgan fingerprint density at radius 3 is 2.06 bits per heavy atom. The highest BCUT2D eigenvalue weighted by Crippen LogP contribution is 2.48. The van der Waals surface area contributed by atoms with Crippen molar-refractivity contribution in [3.63, 3.8) is 0 Å².